The molecule has 21 heteroatoms. The van der Waals surface area contributed by atoms with Gasteiger partial charge in [-0.2, -0.15) is 0 Å². The van der Waals surface area contributed by atoms with Crippen molar-refractivity contribution < 1.29 is 95.1 Å². The first-order valence-corrected chi connectivity index (χ1v) is 28.7. The van der Waals surface area contributed by atoms with Crippen molar-refractivity contribution in [2.45, 2.75) is 209 Å². The number of rotatable bonds is 40. The van der Waals surface area contributed by atoms with E-state index in [1.807, 2.05) is 0 Å². The van der Waals surface area contributed by atoms with Crippen LogP contribution in [0.3, 0.4) is 0 Å². The Kier molecular flexibility index (Phi) is 60.8. The summed E-state index contributed by atoms with van der Waals surface area (Å²) in [5, 5.41) is 0. The van der Waals surface area contributed by atoms with Crippen LogP contribution in [0.2, 0.25) is 0 Å². The predicted octanol–water partition coefficient (Wildman–Crippen LogP) is 11.5. The molecule has 0 N–H and O–H groups in total. The fraction of sp³-hybridized carbons (Fsp3) is 1.00. The summed E-state index contributed by atoms with van der Waals surface area (Å²) in [5.41, 5.74) is 0. The van der Waals surface area contributed by atoms with Crippen molar-refractivity contribution in [3.8, 4) is 0 Å². The van der Waals surface area contributed by atoms with E-state index in [2.05, 4.69) is 91.6 Å². The summed E-state index contributed by atoms with van der Waals surface area (Å²) in [4.78, 5) is 44.6. The molecule has 0 fully saturated rings. The third kappa shape index (κ3) is 65.5. The zero-order valence-electron chi connectivity index (χ0n) is 39.4. The summed E-state index contributed by atoms with van der Waals surface area (Å²) in [5.74, 6) is 0. The molecule has 0 aromatic rings. The molecule has 61 heavy (non-hydrogen) atoms. The van der Waals surface area contributed by atoms with Gasteiger partial charge in [0.15, 0.2) is 0 Å². The van der Waals surface area contributed by atoms with E-state index >= 15 is 0 Å². The van der Waals surface area contributed by atoms with Gasteiger partial charge in [-0.1, -0.05) is 158 Å². The molecule has 0 radical (unpaired) electrons. The Hall–Kier alpha value is 1.13. The van der Waals surface area contributed by atoms with Crippen molar-refractivity contribution >= 4 is 31.3 Å². The molecule has 0 saturated carbocycles. The van der Waals surface area contributed by atoms with E-state index in [0.717, 1.165) is 154 Å². The zero-order valence-corrected chi connectivity index (χ0v) is 44.9. The summed E-state index contributed by atoms with van der Waals surface area (Å²) >= 11 is 0. The summed E-state index contributed by atoms with van der Waals surface area (Å²) < 4.78 is 82.1. The number of hydrogen-bond acceptors (Lipinski definition) is 16. The maximum Gasteiger partial charge on any atom is 4.00 e. The number of unbranched alkanes of at least 4 members (excludes halogenated alkanes) is 16. The first-order valence-electron chi connectivity index (χ1n) is 22.9. The molecule has 0 aliphatic rings. The Bertz CT molecular complexity index is 840. The van der Waals surface area contributed by atoms with Crippen LogP contribution >= 0.6 is 31.3 Å². The van der Waals surface area contributed by atoms with Gasteiger partial charge in [0, 0.05) is 0 Å². The van der Waals surface area contributed by atoms with Crippen molar-refractivity contribution in [1.82, 2.24) is 0 Å². The van der Waals surface area contributed by atoms with Crippen molar-refractivity contribution in [3.05, 3.63) is 0 Å². The van der Waals surface area contributed by atoms with Gasteiger partial charge in [-0.15, -0.1) is 0 Å². The van der Waals surface area contributed by atoms with Gasteiger partial charge in [0.25, 0.3) is 31.3 Å². The maximum atomic E-state index is 11.1. The van der Waals surface area contributed by atoms with Crippen LogP contribution in [-0.2, 0) is 75.5 Å². The second-order valence-corrected chi connectivity index (χ2v) is 19.8. The van der Waals surface area contributed by atoms with Crippen LogP contribution in [0.25, 0.3) is 0 Å². The topological polar surface area (TPSA) is 234 Å². The predicted molar refractivity (Wildman–Crippen MR) is 234 cm³/mol. The largest absolute Gasteiger partial charge is 4.00 e. The van der Waals surface area contributed by atoms with E-state index in [-0.39, 0.29) is 73.9 Å². The normalized spacial score (nSPS) is 11.7. The summed E-state index contributed by atoms with van der Waals surface area (Å²) in [6.45, 7) is 18.3. The Morgan fingerprint density at radius 3 is 0.426 bits per heavy atom. The second kappa shape index (κ2) is 52.1. The molecule has 0 aliphatic heterocycles. The molecule has 0 atom stereocenters. The maximum absolute atomic E-state index is 11.1. The van der Waals surface area contributed by atoms with Crippen molar-refractivity contribution in [2.75, 3.05) is 52.9 Å². The monoisotopic (exact) mass is 1050 g/mol. The van der Waals surface area contributed by atoms with E-state index in [0.29, 0.717) is 0 Å². The molecule has 0 rings (SSSR count). The van der Waals surface area contributed by atoms with Crippen LogP contribution in [-0.4, -0.2) is 52.9 Å². The molecule has 0 amide bonds. The fourth-order valence-corrected chi connectivity index (χ4v) is 7.50. The van der Waals surface area contributed by atoms with Gasteiger partial charge in [-0.25, -0.2) is 0 Å². The number of phosphoric acid groups is 4. The Labute approximate surface area is 387 Å². The molecule has 0 unspecified atom stereocenters. The van der Waals surface area contributed by atoms with Gasteiger partial charge in [-0.3, -0.25) is 18.3 Å². The van der Waals surface area contributed by atoms with Crippen molar-refractivity contribution in [1.29, 1.82) is 0 Å². The van der Waals surface area contributed by atoms with Crippen LogP contribution in [0.15, 0.2) is 0 Å². The van der Waals surface area contributed by atoms with E-state index in [1.165, 1.54) is 0 Å². The van der Waals surface area contributed by atoms with E-state index in [9.17, 15) is 37.8 Å². The van der Waals surface area contributed by atoms with Gasteiger partial charge in [-0.05, 0) is 51.4 Å². The molecule has 0 aromatic heterocycles. The molecule has 0 aromatic carbocycles. The standard InChI is InChI=1S/4C10H23O4P.Mo/c4*1-3-5-7-9-13-15(11,12)14-10-8-6-4-2;/h4*3-10H2,1-2H3,(H,11,12);/q;;;;+4/p-4. The second-order valence-electron chi connectivity index (χ2n) is 14.1. The summed E-state index contributed by atoms with van der Waals surface area (Å²) in [6.07, 6.45) is 22.3. The van der Waals surface area contributed by atoms with Gasteiger partial charge < -0.3 is 55.8 Å². The molecular formula is C40H88MoO16P4. The zero-order chi connectivity index (χ0) is 46.3. The molecule has 0 bridgehead atoms. The average Bonchev–Trinajstić information content (AvgIpc) is 3.20. The molecule has 370 valence electrons. The number of phosphoric ester groups is 4. The molecule has 0 saturated heterocycles. The minimum Gasteiger partial charge on any atom is -0.756 e. The van der Waals surface area contributed by atoms with Crippen LogP contribution in [0.1, 0.15) is 209 Å². The third-order valence-corrected chi connectivity index (χ3v) is 12.0. The molecular weight excluding hydrogens is 956 g/mol. The van der Waals surface area contributed by atoms with Crippen molar-refractivity contribution in [3.63, 3.8) is 0 Å². The summed E-state index contributed by atoms with van der Waals surface area (Å²) in [6, 6.07) is 0. The SMILES string of the molecule is CCCCCOP(=O)([O-])OCCCCC.CCCCCOP(=O)([O-])OCCCCC.CCCCCOP(=O)([O-])OCCCCC.CCCCCOP(=O)([O-])OCCCCC.[Mo+4]. The third-order valence-electron chi connectivity index (χ3n) is 7.98. The first-order chi connectivity index (χ1) is 28.5. The number of hydrogen-bond donors (Lipinski definition) is 0. The summed E-state index contributed by atoms with van der Waals surface area (Å²) in [7, 11) is -16.1. The average molecular weight is 1040 g/mol. The van der Waals surface area contributed by atoms with Gasteiger partial charge in [0.1, 0.15) is 0 Å². The van der Waals surface area contributed by atoms with Crippen molar-refractivity contribution in [2.24, 2.45) is 0 Å². The molecule has 16 nitrogen and oxygen atoms in total. The Morgan fingerprint density at radius 1 is 0.246 bits per heavy atom. The smallest absolute Gasteiger partial charge is 0.756 e. The van der Waals surface area contributed by atoms with Crippen LogP contribution < -0.4 is 19.6 Å². The van der Waals surface area contributed by atoms with Crippen LogP contribution in [0.4, 0.5) is 0 Å². The van der Waals surface area contributed by atoms with E-state index in [1.54, 1.807) is 0 Å². The van der Waals surface area contributed by atoms with E-state index < -0.39 is 31.3 Å². The molecule has 0 heterocycles. The van der Waals surface area contributed by atoms with Gasteiger partial charge >= 0.3 is 21.1 Å². The molecule has 0 spiro atoms. The Morgan fingerprint density at radius 2 is 0.344 bits per heavy atom. The quantitative estimate of drug-likeness (QED) is 0.0315. The van der Waals surface area contributed by atoms with Gasteiger partial charge in [0.2, 0.25) is 0 Å². The van der Waals surface area contributed by atoms with E-state index in [4.69, 9.17) is 0 Å². The van der Waals surface area contributed by atoms with Crippen LogP contribution in [0, 0.1) is 0 Å². The van der Waals surface area contributed by atoms with Crippen LogP contribution in [0.5, 0.6) is 0 Å². The first kappa shape index (κ1) is 71.1. The molecule has 0 aliphatic carbocycles. The van der Waals surface area contributed by atoms with Gasteiger partial charge in [0.05, 0.1) is 52.9 Å². The fourth-order valence-electron chi connectivity index (χ4n) is 4.38. The minimum atomic E-state index is -4.02. The Balaban J connectivity index is -0.000000227. The minimum absolute atomic E-state index is 0.